The molecule has 2 amide bonds. The van der Waals surface area contributed by atoms with Crippen LogP contribution in [0.1, 0.15) is 13.8 Å². The van der Waals surface area contributed by atoms with Gasteiger partial charge < -0.3 is 25.5 Å². The molecule has 0 saturated carbocycles. The van der Waals surface area contributed by atoms with Crippen molar-refractivity contribution < 1.29 is 38.4 Å². The lowest BCUT2D eigenvalue weighted by atomic mass is 10.0. The lowest BCUT2D eigenvalue weighted by molar-refractivity contribution is -0.143. The lowest BCUT2D eigenvalue weighted by Gasteiger charge is -2.26. The first-order valence-electron chi connectivity index (χ1n) is 5.57. The van der Waals surface area contributed by atoms with E-state index in [9.17, 15) is 18.9 Å². The van der Waals surface area contributed by atoms with Crippen molar-refractivity contribution in [3.05, 3.63) is 12.7 Å². The van der Waals surface area contributed by atoms with Crippen LogP contribution in [-0.2, 0) is 23.5 Å². The second-order valence-electron chi connectivity index (χ2n) is 4.47. The molecule has 21 heavy (non-hydrogen) atoms. The van der Waals surface area contributed by atoms with Gasteiger partial charge in [-0.3, -0.25) is 14.1 Å². The van der Waals surface area contributed by atoms with Crippen molar-refractivity contribution in [3.8, 4) is 0 Å². The number of hydrogen-bond donors (Lipinski definition) is 5. The third-order valence-electron chi connectivity index (χ3n) is 2.20. The van der Waals surface area contributed by atoms with Gasteiger partial charge in [0.15, 0.2) is 6.04 Å². The van der Waals surface area contributed by atoms with Crippen LogP contribution in [0, 0.1) is 0 Å². The number of phosphoric acid groups is 1. The molecule has 0 bridgehead atoms. The molecule has 0 aromatic rings. The van der Waals surface area contributed by atoms with E-state index in [2.05, 4.69) is 16.4 Å². The molecule has 0 radical (unpaired) electrons. The topological polar surface area (TPSA) is 162 Å². The molecule has 0 aromatic carbocycles. The van der Waals surface area contributed by atoms with Gasteiger partial charge in [0, 0.05) is 0 Å². The van der Waals surface area contributed by atoms with Crippen LogP contribution in [0.4, 0.5) is 0 Å². The van der Waals surface area contributed by atoms with E-state index in [4.69, 9.17) is 14.9 Å². The normalized spacial score (nSPS) is 13.1. The fraction of sp³-hybridized carbons (Fsp3) is 0.500. The first-order chi connectivity index (χ1) is 9.39. The fourth-order valence-corrected chi connectivity index (χ4v) is 1.44. The minimum absolute atomic E-state index is 0.645. The number of carbonyl (C=O) groups excluding carboxylic acids is 2. The van der Waals surface area contributed by atoms with E-state index in [0.29, 0.717) is 0 Å². The molecule has 0 fully saturated rings. The van der Waals surface area contributed by atoms with Crippen LogP contribution < -0.4 is 10.6 Å². The predicted octanol–water partition coefficient (Wildman–Crippen LogP) is -1.25. The number of rotatable bonds is 8. The van der Waals surface area contributed by atoms with Crippen LogP contribution in [0.5, 0.6) is 0 Å². The van der Waals surface area contributed by atoms with Gasteiger partial charge >= 0.3 is 13.8 Å². The molecular weight excluding hydrogens is 307 g/mol. The summed E-state index contributed by atoms with van der Waals surface area (Å²) in [7, 11) is -4.87. The van der Waals surface area contributed by atoms with Crippen molar-refractivity contribution in [2.75, 3.05) is 6.61 Å². The maximum atomic E-state index is 11.9. The molecule has 0 spiro atoms. The Morgan fingerprint density at radius 3 is 2.29 bits per heavy atom. The number of nitrogens with one attached hydrogen (secondary N) is 2. The highest BCUT2D eigenvalue weighted by atomic mass is 31.2. The molecule has 10 nitrogen and oxygen atoms in total. The third kappa shape index (κ3) is 7.57. The van der Waals surface area contributed by atoms with E-state index in [-0.39, 0.29) is 0 Å². The van der Waals surface area contributed by atoms with E-state index in [1.165, 1.54) is 13.8 Å². The SMILES string of the molecule is C=CC(=O)NC(C)(C)C(=O)NC(COP(=O)(O)O)C(=O)O. The van der Waals surface area contributed by atoms with Crippen molar-refractivity contribution in [1.82, 2.24) is 10.6 Å². The largest absolute Gasteiger partial charge is 0.480 e. The van der Waals surface area contributed by atoms with Crippen LogP contribution in [-0.4, -0.2) is 50.9 Å². The predicted molar refractivity (Wildman–Crippen MR) is 70.0 cm³/mol. The van der Waals surface area contributed by atoms with Gasteiger partial charge in [-0.25, -0.2) is 9.36 Å². The first-order valence-corrected chi connectivity index (χ1v) is 7.10. The Morgan fingerprint density at radius 1 is 1.38 bits per heavy atom. The Hall–Kier alpha value is -1.74. The van der Waals surface area contributed by atoms with Crippen molar-refractivity contribution >= 4 is 25.6 Å². The van der Waals surface area contributed by atoms with Gasteiger partial charge in [0.05, 0.1) is 6.61 Å². The summed E-state index contributed by atoms with van der Waals surface area (Å²) in [5, 5.41) is 13.1. The van der Waals surface area contributed by atoms with Crippen molar-refractivity contribution in [2.45, 2.75) is 25.4 Å². The Bertz CT molecular complexity index is 483. The van der Waals surface area contributed by atoms with Crippen molar-refractivity contribution in [1.29, 1.82) is 0 Å². The maximum absolute atomic E-state index is 11.9. The van der Waals surface area contributed by atoms with Crippen LogP contribution >= 0.6 is 7.82 Å². The third-order valence-corrected chi connectivity index (χ3v) is 2.69. The molecule has 5 N–H and O–H groups in total. The Labute approximate surface area is 120 Å². The van der Waals surface area contributed by atoms with Crippen LogP contribution in [0.2, 0.25) is 0 Å². The number of phosphoric ester groups is 1. The molecule has 0 saturated heterocycles. The van der Waals surface area contributed by atoms with Gasteiger partial charge in [0.1, 0.15) is 5.54 Å². The summed E-state index contributed by atoms with van der Waals surface area (Å²) in [5.41, 5.74) is -1.46. The summed E-state index contributed by atoms with van der Waals surface area (Å²) < 4.78 is 14.6. The zero-order chi connectivity index (χ0) is 16.8. The fourth-order valence-electron chi connectivity index (χ4n) is 1.10. The summed E-state index contributed by atoms with van der Waals surface area (Å²) in [6.07, 6.45) is 0.931. The minimum Gasteiger partial charge on any atom is -0.480 e. The minimum atomic E-state index is -4.87. The number of carbonyl (C=O) groups is 3. The van der Waals surface area contributed by atoms with Gasteiger partial charge in [-0.05, 0) is 19.9 Å². The molecular formula is C10H17N2O8P. The monoisotopic (exact) mass is 324 g/mol. The smallest absolute Gasteiger partial charge is 0.469 e. The van der Waals surface area contributed by atoms with Gasteiger partial charge in [0.2, 0.25) is 11.8 Å². The molecule has 1 atom stereocenters. The van der Waals surface area contributed by atoms with E-state index in [1.54, 1.807) is 0 Å². The van der Waals surface area contributed by atoms with Crippen molar-refractivity contribution in [2.24, 2.45) is 0 Å². The van der Waals surface area contributed by atoms with E-state index < -0.39 is 43.8 Å². The highest BCUT2D eigenvalue weighted by Gasteiger charge is 2.33. The molecule has 0 aromatic heterocycles. The molecule has 0 aliphatic carbocycles. The second-order valence-corrected chi connectivity index (χ2v) is 5.71. The highest BCUT2D eigenvalue weighted by molar-refractivity contribution is 7.46. The van der Waals surface area contributed by atoms with E-state index >= 15 is 0 Å². The Morgan fingerprint density at radius 2 is 1.90 bits per heavy atom. The summed E-state index contributed by atoms with van der Waals surface area (Å²) in [6, 6.07) is -1.69. The van der Waals surface area contributed by atoms with E-state index in [0.717, 1.165) is 6.08 Å². The zero-order valence-electron chi connectivity index (χ0n) is 11.4. The number of amides is 2. The second kappa shape index (κ2) is 7.32. The Balaban J connectivity index is 4.81. The average Bonchev–Trinajstić information content (AvgIpc) is 2.31. The lowest BCUT2D eigenvalue weighted by Crippen LogP contribution is -2.58. The quantitative estimate of drug-likeness (QED) is 0.273. The summed E-state index contributed by atoms with van der Waals surface area (Å²) in [6.45, 7) is 4.90. The molecule has 1 unspecified atom stereocenters. The van der Waals surface area contributed by atoms with Gasteiger partial charge in [-0.2, -0.15) is 0 Å². The number of aliphatic carboxylic acids is 1. The number of carboxylic acid groups (broad SMARTS) is 1. The van der Waals surface area contributed by atoms with Crippen molar-refractivity contribution in [3.63, 3.8) is 0 Å². The summed E-state index contributed by atoms with van der Waals surface area (Å²) >= 11 is 0. The van der Waals surface area contributed by atoms with E-state index in [1.807, 2.05) is 5.32 Å². The maximum Gasteiger partial charge on any atom is 0.469 e. The van der Waals surface area contributed by atoms with Gasteiger partial charge in [-0.15, -0.1) is 0 Å². The zero-order valence-corrected chi connectivity index (χ0v) is 12.3. The first kappa shape index (κ1) is 19.3. The number of hydrogen-bond acceptors (Lipinski definition) is 5. The summed E-state index contributed by atoms with van der Waals surface area (Å²) in [5.74, 6) is -3.07. The Kier molecular flexibility index (Phi) is 6.71. The van der Waals surface area contributed by atoms with Gasteiger partial charge in [-0.1, -0.05) is 6.58 Å². The molecule has 0 aliphatic heterocycles. The summed E-state index contributed by atoms with van der Waals surface area (Å²) in [4.78, 5) is 51.0. The van der Waals surface area contributed by atoms with Crippen LogP contribution in [0.3, 0.4) is 0 Å². The molecule has 0 heterocycles. The van der Waals surface area contributed by atoms with Crippen LogP contribution in [0.15, 0.2) is 12.7 Å². The van der Waals surface area contributed by atoms with Gasteiger partial charge in [0.25, 0.3) is 0 Å². The number of carboxylic acids is 1. The molecule has 0 aliphatic rings. The standard InChI is InChI=1S/C10H17N2O8P/c1-4-7(13)12-10(2,3)9(16)11-6(8(14)15)5-20-21(17,18)19/h4,6H,1,5H2,2-3H3,(H,11,16)(H,12,13)(H,14,15)(H2,17,18,19). The molecule has 120 valence electrons. The molecule has 11 heteroatoms. The average molecular weight is 324 g/mol. The highest BCUT2D eigenvalue weighted by Crippen LogP contribution is 2.35. The molecule has 0 rings (SSSR count). The van der Waals surface area contributed by atoms with Crippen LogP contribution in [0.25, 0.3) is 0 Å².